The molecule has 0 radical (unpaired) electrons. The molecule has 2 fully saturated rings. The third-order valence-electron chi connectivity index (χ3n) is 4.57. The summed E-state index contributed by atoms with van der Waals surface area (Å²) in [5.74, 6) is -0.580. The number of furan rings is 1. The van der Waals surface area contributed by atoms with E-state index < -0.39 is 28.8 Å². The van der Waals surface area contributed by atoms with Gasteiger partial charge in [-0.1, -0.05) is 29.6 Å². The number of carbonyl (C=O) groups is 3. The minimum absolute atomic E-state index is 0.0306. The van der Waals surface area contributed by atoms with Crippen molar-refractivity contribution in [1.29, 1.82) is 0 Å². The number of hydrogen-bond acceptors (Lipinski definition) is 8. The van der Waals surface area contributed by atoms with E-state index in [4.69, 9.17) is 4.42 Å². The molecular weight excluding hydrogens is 495 g/mol. The van der Waals surface area contributed by atoms with Crippen LogP contribution in [0.1, 0.15) is 17.7 Å². The van der Waals surface area contributed by atoms with Crippen molar-refractivity contribution >= 4 is 57.3 Å². The van der Waals surface area contributed by atoms with Gasteiger partial charge >= 0.3 is 6.18 Å². The normalized spacial score (nSPS) is 20.9. The number of anilines is 1. The molecule has 1 aromatic heterocycles. The van der Waals surface area contributed by atoms with E-state index in [1.165, 1.54) is 23.3 Å². The van der Waals surface area contributed by atoms with Gasteiger partial charge in [0.1, 0.15) is 11.0 Å². The molecule has 2 aliphatic rings. The summed E-state index contributed by atoms with van der Waals surface area (Å²) >= 11 is 2.16. The molecule has 1 atom stereocenters. The molecule has 34 heavy (non-hydrogen) atoms. The second-order valence-electron chi connectivity index (χ2n) is 7.07. The fourth-order valence-electron chi connectivity index (χ4n) is 3.04. The van der Waals surface area contributed by atoms with Crippen LogP contribution in [0.3, 0.4) is 0 Å². The lowest BCUT2D eigenvalue weighted by Crippen LogP contribution is -2.33. The fourth-order valence-corrected chi connectivity index (χ4v) is 4.75. The van der Waals surface area contributed by atoms with Crippen LogP contribution >= 0.6 is 23.5 Å². The van der Waals surface area contributed by atoms with Crippen molar-refractivity contribution < 1.29 is 32.0 Å². The Morgan fingerprint density at radius 3 is 2.74 bits per heavy atom. The van der Waals surface area contributed by atoms with Gasteiger partial charge in [-0.05, 0) is 30.3 Å². The van der Waals surface area contributed by atoms with E-state index in [2.05, 4.69) is 20.8 Å². The van der Waals surface area contributed by atoms with Crippen LogP contribution < -0.4 is 10.6 Å². The summed E-state index contributed by atoms with van der Waals surface area (Å²) < 4.78 is 44.0. The smallest absolute Gasteiger partial charge is 0.416 e. The Morgan fingerprint density at radius 1 is 1.24 bits per heavy atom. The number of nitrogens with one attached hydrogen (secondary N) is 2. The molecule has 0 unspecified atom stereocenters. The van der Waals surface area contributed by atoms with E-state index in [-0.39, 0.29) is 40.6 Å². The Morgan fingerprint density at radius 2 is 2.06 bits per heavy atom. The zero-order chi connectivity index (χ0) is 24.3. The minimum Gasteiger partial charge on any atom is -0.467 e. The van der Waals surface area contributed by atoms with Gasteiger partial charge in [-0.2, -0.15) is 13.2 Å². The Kier molecular flexibility index (Phi) is 6.97. The molecule has 0 saturated carbocycles. The maximum Gasteiger partial charge on any atom is 0.416 e. The highest BCUT2D eigenvalue weighted by Gasteiger charge is 2.40. The maximum absolute atomic E-state index is 13.0. The lowest BCUT2D eigenvalue weighted by Gasteiger charge is -2.14. The Labute approximate surface area is 199 Å². The summed E-state index contributed by atoms with van der Waals surface area (Å²) in [4.78, 5) is 38.1. The highest BCUT2D eigenvalue weighted by Crippen LogP contribution is 2.33. The average Bonchev–Trinajstić information content (AvgIpc) is 3.50. The zero-order valence-electron chi connectivity index (χ0n) is 17.2. The molecule has 3 amide bonds. The second-order valence-corrected chi connectivity index (χ2v) is 9.20. The first-order valence-corrected chi connectivity index (χ1v) is 11.6. The molecule has 0 spiro atoms. The van der Waals surface area contributed by atoms with Crippen molar-refractivity contribution in [1.82, 2.24) is 10.2 Å². The maximum atomic E-state index is 13.0. The number of hydrogen-bond donors (Lipinski definition) is 2. The summed E-state index contributed by atoms with van der Waals surface area (Å²) in [6.07, 6.45) is -3.39. The number of halogens is 3. The molecule has 14 heteroatoms. The molecule has 1 aromatic carbocycles. The van der Waals surface area contributed by atoms with Crippen LogP contribution in [0.5, 0.6) is 0 Å². The molecule has 9 nitrogen and oxygen atoms in total. The number of carbonyl (C=O) groups excluding carboxylic acids is 3. The number of rotatable bonds is 6. The monoisotopic (exact) mass is 511 g/mol. The van der Waals surface area contributed by atoms with Gasteiger partial charge in [0.15, 0.2) is 10.3 Å². The van der Waals surface area contributed by atoms with Gasteiger partial charge in [0.25, 0.3) is 0 Å². The van der Waals surface area contributed by atoms with Crippen LogP contribution in [0.4, 0.5) is 18.9 Å². The van der Waals surface area contributed by atoms with Crippen LogP contribution in [0.2, 0.25) is 0 Å². The molecule has 2 N–H and O–H groups in total. The van der Waals surface area contributed by atoms with Gasteiger partial charge in [0.2, 0.25) is 17.7 Å². The van der Waals surface area contributed by atoms with E-state index in [0.717, 1.165) is 35.7 Å². The van der Waals surface area contributed by atoms with Crippen molar-refractivity contribution in [3.63, 3.8) is 0 Å². The zero-order valence-corrected chi connectivity index (χ0v) is 18.8. The Bertz CT molecular complexity index is 1170. The predicted molar refractivity (Wildman–Crippen MR) is 121 cm³/mol. The molecule has 2 aliphatic heterocycles. The highest BCUT2D eigenvalue weighted by molar-refractivity contribution is 8.15. The first-order valence-electron chi connectivity index (χ1n) is 9.75. The van der Waals surface area contributed by atoms with Crippen LogP contribution in [0.15, 0.2) is 57.3 Å². The lowest BCUT2D eigenvalue weighted by molar-refractivity contribution is -0.137. The number of amidine groups is 2. The van der Waals surface area contributed by atoms with Crippen molar-refractivity contribution in [3.05, 3.63) is 54.0 Å². The lowest BCUT2D eigenvalue weighted by atomic mass is 10.2. The van der Waals surface area contributed by atoms with Crippen molar-refractivity contribution in [2.24, 2.45) is 10.2 Å². The van der Waals surface area contributed by atoms with E-state index in [0.29, 0.717) is 5.76 Å². The molecule has 0 aliphatic carbocycles. The molecule has 0 bridgehead atoms. The summed E-state index contributed by atoms with van der Waals surface area (Å²) in [7, 11) is 0. The largest absolute Gasteiger partial charge is 0.467 e. The fraction of sp³-hybridized carbons (Fsp3) is 0.250. The topological polar surface area (TPSA) is 116 Å². The quantitative estimate of drug-likeness (QED) is 0.575. The summed E-state index contributed by atoms with van der Waals surface area (Å²) in [6.45, 7) is 0.0494. The summed E-state index contributed by atoms with van der Waals surface area (Å²) in [5.41, 5.74) is -0.927. The predicted octanol–water partition coefficient (Wildman–Crippen LogP) is 3.26. The number of nitrogens with zero attached hydrogens (tertiary/aromatic N) is 3. The van der Waals surface area contributed by atoms with Crippen LogP contribution in [-0.2, 0) is 27.1 Å². The van der Waals surface area contributed by atoms with Crippen LogP contribution in [0.25, 0.3) is 0 Å². The second kappa shape index (κ2) is 9.93. The SMILES string of the molecule is O=C1CSC(=N/N=C2/S[C@H](CC(=O)Nc3cccc(C(F)(F)F)c3)C(=O)N2Cc2ccco2)N1. The molecular formula is C20H16F3N5O4S2. The molecule has 3 heterocycles. The van der Waals surface area contributed by atoms with E-state index in [1.807, 2.05) is 0 Å². The van der Waals surface area contributed by atoms with Gasteiger partial charge < -0.3 is 15.1 Å². The van der Waals surface area contributed by atoms with E-state index in [9.17, 15) is 27.6 Å². The molecule has 2 saturated heterocycles. The molecule has 2 aromatic rings. The summed E-state index contributed by atoms with van der Waals surface area (Å²) in [6, 6.07) is 7.56. The number of amides is 3. The Balaban J connectivity index is 1.47. The van der Waals surface area contributed by atoms with E-state index in [1.54, 1.807) is 12.1 Å². The molecule has 4 rings (SSSR count). The number of thioether (sulfide) groups is 2. The van der Waals surface area contributed by atoms with Gasteiger partial charge in [0, 0.05) is 12.1 Å². The number of benzene rings is 1. The van der Waals surface area contributed by atoms with Gasteiger partial charge in [-0.15, -0.1) is 10.2 Å². The van der Waals surface area contributed by atoms with Gasteiger partial charge in [-0.3, -0.25) is 19.3 Å². The summed E-state index contributed by atoms with van der Waals surface area (Å²) in [5, 5.41) is 12.6. The van der Waals surface area contributed by atoms with Crippen LogP contribution in [-0.4, -0.2) is 44.0 Å². The first-order chi connectivity index (χ1) is 16.2. The van der Waals surface area contributed by atoms with E-state index >= 15 is 0 Å². The van der Waals surface area contributed by atoms with Crippen LogP contribution in [0, 0.1) is 0 Å². The minimum atomic E-state index is -4.55. The first kappa shape index (κ1) is 23.9. The van der Waals surface area contributed by atoms with Crippen molar-refractivity contribution in [2.75, 3.05) is 11.1 Å². The van der Waals surface area contributed by atoms with Gasteiger partial charge in [-0.25, -0.2) is 0 Å². The highest BCUT2D eigenvalue weighted by atomic mass is 32.2. The number of alkyl halides is 3. The average molecular weight is 512 g/mol. The molecule has 178 valence electrons. The van der Waals surface area contributed by atoms with Crippen molar-refractivity contribution in [3.8, 4) is 0 Å². The third kappa shape index (κ3) is 5.80. The Hall–Kier alpha value is -3.26. The standard InChI is InChI=1S/C20H16F3N5O4S2/c21-20(22,23)11-3-1-4-12(7-11)24-15(29)8-14-17(31)28(9-13-5-2-6-32-13)19(34-14)27-26-18-25-16(30)10-33-18/h1-7,14H,8-10H2,(H,24,29)(H,25,26,30)/b27-19+/t14-/m1/s1. The third-order valence-corrected chi connectivity index (χ3v) is 6.60. The van der Waals surface area contributed by atoms with Crippen molar-refractivity contribution in [2.45, 2.75) is 24.4 Å². The van der Waals surface area contributed by atoms with Gasteiger partial charge in [0.05, 0.1) is 24.1 Å².